The van der Waals surface area contributed by atoms with Crippen LogP contribution in [0.25, 0.3) is 0 Å². The van der Waals surface area contributed by atoms with Crippen molar-refractivity contribution in [3.8, 4) is 0 Å². The van der Waals surface area contributed by atoms with Gasteiger partial charge in [0.05, 0.1) is 19.4 Å². The monoisotopic (exact) mass is 182 g/mol. The molecule has 0 radical (unpaired) electrons. The van der Waals surface area contributed by atoms with Gasteiger partial charge in [0.25, 0.3) is 0 Å². The summed E-state index contributed by atoms with van der Waals surface area (Å²) in [6.45, 7) is 3.13. The van der Waals surface area contributed by atoms with Crippen LogP contribution in [0.3, 0.4) is 0 Å². The maximum absolute atomic E-state index is 11.0. The Morgan fingerprint density at radius 2 is 2.46 bits per heavy atom. The van der Waals surface area contributed by atoms with Crippen molar-refractivity contribution in [3.05, 3.63) is 18.7 Å². The molecule has 1 aromatic heterocycles. The molecule has 1 aromatic rings. The number of aryl methyl sites for hydroxylation is 1. The van der Waals surface area contributed by atoms with Gasteiger partial charge in [0.2, 0.25) is 0 Å². The number of ether oxygens (including phenoxy) is 1. The molecule has 0 amide bonds. The molecule has 0 spiro atoms. The Labute approximate surface area is 77.5 Å². The van der Waals surface area contributed by atoms with Crippen molar-refractivity contribution < 1.29 is 9.53 Å². The fourth-order valence-electron chi connectivity index (χ4n) is 0.927. The summed E-state index contributed by atoms with van der Waals surface area (Å²) < 4.78 is 6.77. The van der Waals surface area contributed by atoms with Gasteiger partial charge in [-0.05, 0) is 6.42 Å². The van der Waals surface area contributed by atoms with Gasteiger partial charge in [-0.2, -0.15) is 0 Å². The predicted octanol–water partition coefficient (Wildman–Crippen LogP) is 1.23. The topological polar surface area (TPSA) is 44.1 Å². The summed E-state index contributed by atoms with van der Waals surface area (Å²) in [7, 11) is 0. The van der Waals surface area contributed by atoms with Crippen molar-refractivity contribution in [2.24, 2.45) is 0 Å². The van der Waals surface area contributed by atoms with Crippen LogP contribution in [0.4, 0.5) is 0 Å². The van der Waals surface area contributed by atoms with Crippen molar-refractivity contribution >= 4 is 5.97 Å². The van der Waals surface area contributed by atoms with E-state index in [0.717, 1.165) is 6.42 Å². The van der Waals surface area contributed by atoms with Gasteiger partial charge in [-0.1, -0.05) is 6.92 Å². The summed E-state index contributed by atoms with van der Waals surface area (Å²) in [4.78, 5) is 14.9. The molecule has 0 aromatic carbocycles. The first-order valence-electron chi connectivity index (χ1n) is 4.44. The highest BCUT2D eigenvalue weighted by atomic mass is 16.5. The van der Waals surface area contributed by atoms with Crippen molar-refractivity contribution in [2.75, 3.05) is 6.61 Å². The lowest BCUT2D eigenvalue weighted by atomic mass is 10.4. The minimum absolute atomic E-state index is 0.143. The molecule has 4 nitrogen and oxygen atoms in total. The summed E-state index contributed by atoms with van der Waals surface area (Å²) in [5, 5.41) is 0. The average molecular weight is 182 g/mol. The zero-order valence-electron chi connectivity index (χ0n) is 7.77. The molecule has 0 aliphatic heterocycles. The van der Waals surface area contributed by atoms with Crippen LogP contribution in [0.15, 0.2) is 18.7 Å². The molecule has 72 valence electrons. The van der Waals surface area contributed by atoms with Gasteiger partial charge >= 0.3 is 5.97 Å². The highest BCUT2D eigenvalue weighted by molar-refractivity contribution is 5.69. The number of nitrogens with zero attached hydrogens (tertiary/aromatic N) is 2. The van der Waals surface area contributed by atoms with E-state index in [-0.39, 0.29) is 5.97 Å². The van der Waals surface area contributed by atoms with Crippen LogP contribution >= 0.6 is 0 Å². The van der Waals surface area contributed by atoms with Crippen molar-refractivity contribution in [1.29, 1.82) is 0 Å². The number of carbonyl (C=O) groups is 1. The molecule has 1 rings (SSSR count). The van der Waals surface area contributed by atoms with Crippen LogP contribution in [0.1, 0.15) is 19.8 Å². The maximum Gasteiger partial charge on any atom is 0.307 e. The van der Waals surface area contributed by atoms with Crippen LogP contribution in [0.2, 0.25) is 0 Å². The number of aromatic nitrogens is 2. The minimum Gasteiger partial charge on any atom is -0.466 e. The van der Waals surface area contributed by atoms with Gasteiger partial charge < -0.3 is 9.30 Å². The summed E-state index contributed by atoms with van der Waals surface area (Å²) in [5.74, 6) is -0.143. The number of carbonyl (C=O) groups excluding carboxylic acids is 1. The third kappa shape index (κ3) is 3.73. The van der Waals surface area contributed by atoms with Gasteiger partial charge in [0.15, 0.2) is 0 Å². The Bertz CT molecular complexity index is 244. The summed E-state index contributed by atoms with van der Waals surface area (Å²) in [6.07, 6.45) is 6.49. The molecule has 0 saturated carbocycles. The Balaban J connectivity index is 2.15. The first-order valence-corrected chi connectivity index (χ1v) is 4.44. The second kappa shape index (κ2) is 5.35. The van der Waals surface area contributed by atoms with E-state index in [1.807, 2.05) is 17.7 Å². The van der Waals surface area contributed by atoms with Gasteiger partial charge in [0.1, 0.15) is 0 Å². The predicted molar refractivity (Wildman–Crippen MR) is 48.1 cm³/mol. The third-order valence-corrected chi connectivity index (χ3v) is 1.60. The van der Waals surface area contributed by atoms with Crippen LogP contribution in [0, 0.1) is 0 Å². The molecule has 0 bridgehead atoms. The molecule has 4 heteroatoms. The molecular formula is C9H14N2O2. The summed E-state index contributed by atoms with van der Waals surface area (Å²) in [6, 6.07) is 0. The maximum atomic E-state index is 11.0. The quantitative estimate of drug-likeness (QED) is 0.643. The van der Waals surface area contributed by atoms with E-state index in [1.165, 1.54) is 0 Å². The van der Waals surface area contributed by atoms with Crippen LogP contribution in [-0.4, -0.2) is 22.1 Å². The number of hydrogen-bond donors (Lipinski definition) is 0. The normalized spacial score (nSPS) is 9.92. The molecular weight excluding hydrogens is 168 g/mol. The molecule has 0 fully saturated rings. The number of hydrogen-bond acceptors (Lipinski definition) is 3. The average Bonchev–Trinajstić information content (AvgIpc) is 2.64. The van der Waals surface area contributed by atoms with Gasteiger partial charge in [-0.15, -0.1) is 0 Å². The largest absolute Gasteiger partial charge is 0.466 e. The zero-order valence-corrected chi connectivity index (χ0v) is 7.77. The Hall–Kier alpha value is -1.32. The van der Waals surface area contributed by atoms with E-state index < -0.39 is 0 Å². The van der Waals surface area contributed by atoms with Gasteiger partial charge in [-0.25, -0.2) is 4.98 Å². The molecule has 0 saturated heterocycles. The summed E-state index contributed by atoms with van der Waals surface area (Å²) >= 11 is 0. The first-order chi connectivity index (χ1) is 6.33. The second-order valence-electron chi connectivity index (χ2n) is 2.77. The van der Waals surface area contributed by atoms with Crippen molar-refractivity contribution in [3.63, 3.8) is 0 Å². The van der Waals surface area contributed by atoms with E-state index in [2.05, 4.69) is 4.98 Å². The highest BCUT2D eigenvalue weighted by Gasteiger charge is 2.01. The van der Waals surface area contributed by atoms with E-state index in [4.69, 9.17) is 4.74 Å². The molecule has 0 aliphatic carbocycles. The fourth-order valence-corrected chi connectivity index (χ4v) is 0.927. The molecule has 0 N–H and O–H groups in total. The van der Waals surface area contributed by atoms with Crippen molar-refractivity contribution in [1.82, 2.24) is 9.55 Å². The lowest BCUT2D eigenvalue weighted by Crippen LogP contribution is -2.08. The second-order valence-corrected chi connectivity index (χ2v) is 2.77. The molecule has 0 aliphatic rings. The molecule has 0 unspecified atom stereocenters. The van der Waals surface area contributed by atoms with E-state index >= 15 is 0 Å². The summed E-state index contributed by atoms with van der Waals surface area (Å²) in [5.41, 5.74) is 0. The molecule has 1 heterocycles. The highest BCUT2D eigenvalue weighted by Crippen LogP contribution is 1.93. The van der Waals surface area contributed by atoms with Gasteiger partial charge in [-0.3, -0.25) is 4.79 Å². The van der Waals surface area contributed by atoms with E-state index in [9.17, 15) is 4.79 Å². The molecule has 13 heavy (non-hydrogen) atoms. The Morgan fingerprint density at radius 1 is 1.62 bits per heavy atom. The minimum atomic E-state index is -0.143. The Kier molecular flexibility index (Phi) is 4.02. The van der Waals surface area contributed by atoms with E-state index in [1.54, 1.807) is 12.5 Å². The fraction of sp³-hybridized carbons (Fsp3) is 0.556. The standard InChI is InChI=1S/C9H14N2O2/c1-2-7-13-9(12)3-5-11-6-4-10-8-11/h4,6,8H,2-3,5,7H2,1H3. The number of esters is 1. The number of rotatable bonds is 5. The zero-order chi connectivity index (χ0) is 9.52. The lowest BCUT2D eigenvalue weighted by Gasteiger charge is -2.02. The van der Waals surface area contributed by atoms with Crippen molar-refractivity contribution in [2.45, 2.75) is 26.3 Å². The lowest BCUT2D eigenvalue weighted by molar-refractivity contribution is -0.143. The SMILES string of the molecule is CCCOC(=O)CCn1ccnc1. The van der Waals surface area contributed by atoms with Crippen LogP contribution in [-0.2, 0) is 16.1 Å². The number of imidazole rings is 1. The van der Waals surface area contributed by atoms with Gasteiger partial charge in [0, 0.05) is 18.9 Å². The Morgan fingerprint density at radius 3 is 3.08 bits per heavy atom. The third-order valence-electron chi connectivity index (χ3n) is 1.60. The van der Waals surface area contributed by atoms with Crippen LogP contribution < -0.4 is 0 Å². The molecule has 0 atom stereocenters. The van der Waals surface area contributed by atoms with Crippen LogP contribution in [0.5, 0.6) is 0 Å². The first kappa shape index (κ1) is 9.77. The van der Waals surface area contributed by atoms with E-state index in [0.29, 0.717) is 19.6 Å². The smallest absolute Gasteiger partial charge is 0.307 e.